The zero-order chi connectivity index (χ0) is 20.3. The topological polar surface area (TPSA) is 106 Å². The van der Waals surface area contributed by atoms with Crippen LogP contribution in [0.4, 0.5) is 26.1 Å². The minimum absolute atomic E-state index is 0.168. The minimum Gasteiger partial charge on any atom is -0.339 e. The molecule has 0 aliphatic rings. The molecule has 3 aromatic heterocycles. The summed E-state index contributed by atoms with van der Waals surface area (Å²) in [5.74, 6) is -3.26. The summed E-state index contributed by atoms with van der Waals surface area (Å²) in [4.78, 5) is 31.6. The number of hydrogen-bond donors (Lipinski definition) is 2. The molecule has 0 spiro atoms. The molecule has 3 rings (SSSR count). The fourth-order valence-electron chi connectivity index (χ4n) is 2.39. The quantitative estimate of drug-likeness (QED) is 0.693. The van der Waals surface area contributed by atoms with Crippen molar-refractivity contribution >= 4 is 23.2 Å². The smallest absolute Gasteiger partial charge is 0.303 e. The first-order valence-corrected chi connectivity index (χ1v) is 8.28. The molecule has 28 heavy (non-hydrogen) atoms. The van der Waals surface area contributed by atoms with Crippen LogP contribution in [0.5, 0.6) is 0 Å². The molecule has 0 aromatic carbocycles. The normalized spacial score (nSPS) is 11.2. The lowest BCUT2D eigenvalue weighted by Gasteiger charge is -2.15. The number of aryl methyl sites for hydroxylation is 1. The predicted octanol–water partition coefficient (Wildman–Crippen LogP) is 3.45. The van der Waals surface area contributed by atoms with Gasteiger partial charge in [-0.2, -0.15) is 8.78 Å². The van der Waals surface area contributed by atoms with Crippen molar-refractivity contribution in [2.75, 3.05) is 10.6 Å². The number of halogens is 2. The summed E-state index contributed by atoms with van der Waals surface area (Å²) in [5, 5.41) is 5.56. The summed E-state index contributed by atoms with van der Waals surface area (Å²) in [5.41, 5.74) is 1.33. The highest BCUT2D eigenvalue weighted by atomic mass is 19.3. The molecule has 1 amide bonds. The molecule has 2 N–H and O–H groups in total. The van der Waals surface area contributed by atoms with Crippen molar-refractivity contribution in [2.45, 2.75) is 26.7 Å². The molecule has 0 bridgehead atoms. The van der Waals surface area contributed by atoms with Crippen molar-refractivity contribution in [3.63, 3.8) is 0 Å². The Morgan fingerprint density at radius 2 is 1.79 bits per heavy atom. The number of nitrogens with zero attached hydrogens (tertiary/aromatic N) is 5. The molecule has 0 atom stereocenters. The number of alkyl halides is 2. The largest absolute Gasteiger partial charge is 0.339 e. The van der Waals surface area contributed by atoms with Crippen LogP contribution in [0.25, 0.3) is 11.4 Å². The Hall–Kier alpha value is -3.56. The molecular formula is C18H17F2N7O. The first-order valence-electron chi connectivity index (χ1n) is 8.28. The van der Waals surface area contributed by atoms with Crippen LogP contribution in [0.15, 0.2) is 36.8 Å². The number of carbonyl (C=O) groups is 1. The van der Waals surface area contributed by atoms with Crippen molar-refractivity contribution in [1.29, 1.82) is 0 Å². The van der Waals surface area contributed by atoms with Gasteiger partial charge >= 0.3 is 5.92 Å². The number of rotatable bonds is 5. The van der Waals surface area contributed by atoms with E-state index in [2.05, 4.69) is 35.6 Å². The molecule has 3 aromatic rings. The number of carbonyl (C=O) groups excluding carboxylic acids is 1. The second-order valence-corrected chi connectivity index (χ2v) is 6.10. The predicted molar refractivity (Wildman–Crippen MR) is 99.2 cm³/mol. The zero-order valence-corrected chi connectivity index (χ0v) is 15.4. The maximum Gasteiger partial charge on any atom is 0.303 e. The van der Waals surface area contributed by atoms with Crippen LogP contribution in [0.3, 0.4) is 0 Å². The van der Waals surface area contributed by atoms with Crippen LogP contribution in [0, 0.1) is 6.92 Å². The highest BCUT2D eigenvalue weighted by Gasteiger charge is 2.29. The van der Waals surface area contributed by atoms with E-state index in [1.165, 1.54) is 19.2 Å². The van der Waals surface area contributed by atoms with Crippen molar-refractivity contribution in [1.82, 2.24) is 24.9 Å². The van der Waals surface area contributed by atoms with Crippen molar-refractivity contribution in [3.05, 3.63) is 48.3 Å². The van der Waals surface area contributed by atoms with Gasteiger partial charge in [-0.3, -0.25) is 4.79 Å². The van der Waals surface area contributed by atoms with E-state index in [1.807, 2.05) is 0 Å². The summed E-state index contributed by atoms with van der Waals surface area (Å²) in [7, 11) is 0. The zero-order valence-electron chi connectivity index (χ0n) is 15.4. The van der Waals surface area contributed by atoms with E-state index in [1.54, 1.807) is 31.5 Å². The number of amides is 1. The summed E-state index contributed by atoms with van der Waals surface area (Å²) in [6.07, 6.45) is 4.61. The Balaban J connectivity index is 2.06. The fourth-order valence-corrected chi connectivity index (χ4v) is 2.39. The Morgan fingerprint density at radius 3 is 2.43 bits per heavy atom. The highest BCUT2D eigenvalue weighted by molar-refractivity contribution is 5.89. The lowest BCUT2D eigenvalue weighted by molar-refractivity contribution is -0.114. The van der Waals surface area contributed by atoms with Gasteiger partial charge in [-0.1, -0.05) is 0 Å². The van der Waals surface area contributed by atoms with Gasteiger partial charge in [0, 0.05) is 50.3 Å². The average Bonchev–Trinajstić information content (AvgIpc) is 2.61. The molecule has 0 unspecified atom stereocenters. The van der Waals surface area contributed by atoms with E-state index in [4.69, 9.17) is 0 Å². The van der Waals surface area contributed by atoms with Crippen LogP contribution in [0.2, 0.25) is 0 Å². The van der Waals surface area contributed by atoms with Gasteiger partial charge < -0.3 is 10.6 Å². The van der Waals surface area contributed by atoms with Gasteiger partial charge in [0.2, 0.25) is 11.7 Å². The van der Waals surface area contributed by atoms with Gasteiger partial charge in [-0.15, -0.1) is 0 Å². The van der Waals surface area contributed by atoms with Gasteiger partial charge in [0.05, 0.1) is 11.3 Å². The summed E-state index contributed by atoms with van der Waals surface area (Å²) in [6.45, 7) is 3.68. The van der Waals surface area contributed by atoms with Crippen LogP contribution >= 0.6 is 0 Å². The minimum atomic E-state index is -3.19. The molecule has 0 saturated carbocycles. The molecule has 0 aliphatic carbocycles. The Bertz CT molecular complexity index is 1010. The third-order valence-corrected chi connectivity index (χ3v) is 3.52. The first kappa shape index (κ1) is 19.2. The molecule has 144 valence electrons. The summed E-state index contributed by atoms with van der Waals surface area (Å²) < 4.78 is 27.3. The molecule has 0 aliphatic heterocycles. The SMILES string of the molecule is CC(=O)Nc1cc(Nc2cc(C)nc(C(C)(F)F)n2)c(-c2ncccn2)cn1. The van der Waals surface area contributed by atoms with E-state index >= 15 is 0 Å². The van der Waals surface area contributed by atoms with Crippen LogP contribution in [-0.2, 0) is 10.7 Å². The average molecular weight is 385 g/mol. The molecule has 10 heteroatoms. The van der Waals surface area contributed by atoms with Gasteiger partial charge in [0.15, 0.2) is 5.82 Å². The number of anilines is 3. The molecule has 8 nitrogen and oxygen atoms in total. The molecule has 0 fully saturated rings. The van der Waals surface area contributed by atoms with E-state index < -0.39 is 11.7 Å². The third-order valence-electron chi connectivity index (χ3n) is 3.52. The fraction of sp³-hybridized carbons (Fsp3) is 0.222. The maximum absolute atomic E-state index is 13.7. The standard InChI is InChI=1S/C18H17F2N7O/c1-10-7-15(27-17(24-10)18(3,19)20)26-13-8-14(25-11(2)28)23-9-12(13)16-21-5-4-6-22-16/h4-9H,1-3H3,(H2,23,24,25,26,27,28). The number of aromatic nitrogens is 5. The third kappa shape index (κ3) is 4.58. The second kappa shape index (κ2) is 7.59. The van der Waals surface area contributed by atoms with E-state index in [0.717, 1.165) is 6.92 Å². The van der Waals surface area contributed by atoms with Crippen molar-refractivity contribution < 1.29 is 13.6 Å². The van der Waals surface area contributed by atoms with Crippen LogP contribution in [-0.4, -0.2) is 30.8 Å². The van der Waals surface area contributed by atoms with Crippen LogP contribution < -0.4 is 10.6 Å². The second-order valence-electron chi connectivity index (χ2n) is 6.10. The Morgan fingerprint density at radius 1 is 1.07 bits per heavy atom. The molecular weight excluding hydrogens is 368 g/mol. The van der Waals surface area contributed by atoms with Gasteiger partial charge in [-0.25, -0.2) is 24.9 Å². The van der Waals surface area contributed by atoms with Gasteiger partial charge in [0.25, 0.3) is 0 Å². The number of nitrogens with one attached hydrogen (secondary N) is 2. The molecule has 0 radical (unpaired) electrons. The van der Waals surface area contributed by atoms with E-state index in [0.29, 0.717) is 22.8 Å². The van der Waals surface area contributed by atoms with Gasteiger partial charge in [-0.05, 0) is 13.0 Å². The Labute approximate surface area is 159 Å². The summed E-state index contributed by atoms with van der Waals surface area (Å²) >= 11 is 0. The first-order chi connectivity index (χ1) is 13.2. The lowest BCUT2D eigenvalue weighted by Crippen LogP contribution is -2.14. The van der Waals surface area contributed by atoms with Gasteiger partial charge in [0.1, 0.15) is 11.6 Å². The van der Waals surface area contributed by atoms with E-state index in [9.17, 15) is 13.6 Å². The number of pyridine rings is 1. The lowest BCUT2D eigenvalue weighted by atomic mass is 10.2. The molecule has 0 saturated heterocycles. The highest BCUT2D eigenvalue weighted by Crippen LogP contribution is 2.30. The van der Waals surface area contributed by atoms with Crippen molar-refractivity contribution in [2.24, 2.45) is 0 Å². The summed E-state index contributed by atoms with van der Waals surface area (Å²) in [6, 6.07) is 4.75. The van der Waals surface area contributed by atoms with Crippen LogP contribution in [0.1, 0.15) is 25.4 Å². The maximum atomic E-state index is 13.7. The van der Waals surface area contributed by atoms with E-state index in [-0.39, 0.29) is 17.5 Å². The number of hydrogen-bond acceptors (Lipinski definition) is 7. The van der Waals surface area contributed by atoms with Crippen molar-refractivity contribution in [3.8, 4) is 11.4 Å². The molecule has 3 heterocycles. The monoisotopic (exact) mass is 385 g/mol. The Kier molecular flexibility index (Phi) is 5.21.